The summed E-state index contributed by atoms with van der Waals surface area (Å²) in [6.45, 7) is 1.52. The monoisotopic (exact) mass is 548 g/mol. The molecule has 3 aromatic carbocycles. The van der Waals surface area contributed by atoms with Crippen molar-refractivity contribution in [1.82, 2.24) is 4.72 Å². The van der Waals surface area contributed by atoms with Crippen LogP contribution >= 0.6 is 23.2 Å². The molecule has 0 bridgehead atoms. The van der Waals surface area contributed by atoms with E-state index in [2.05, 4.69) is 15.0 Å². The number of nitro groups is 1. The second-order valence-corrected chi connectivity index (χ2v) is 10.9. The minimum absolute atomic E-state index is 0.0585. The van der Waals surface area contributed by atoms with E-state index in [1.807, 2.05) is 12.1 Å². The largest absolute Gasteiger partial charge is 0.497 e. The minimum Gasteiger partial charge on any atom is -0.497 e. The zero-order valence-electron chi connectivity index (χ0n) is 19.3. The van der Waals surface area contributed by atoms with Gasteiger partial charge in [-0.25, -0.2) is 13.1 Å². The van der Waals surface area contributed by atoms with E-state index in [-0.39, 0.29) is 17.1 Å². The molecule has 0 aromatic heterocycles. The van der Waals surface area contributed by atoms with Gasteiger partial charge in [-0.3, -0.25) is 10.1 Å². The third-order valence-corrected chi connectivity index (χ3v) is 8.16. The number of nitro benzene ring substituents is 1. The summed E-state index contributed by atoms with van der Waals surface area (Å²) in [4.78, 5) is 10.3. The van der Waals surface area contributed by atoms with Crippen LogP contribution in [0.15, 0.2) is 75.8 Å². The summed E-state index contributed by atoms with van der Waals surface area (Å²) < 4.78 is 33.8. The predicted octanol–water partition coefficient (Wildman–Crippen LogP) is 5.67. The number of benzene rings is 3. The van der Waals surface area contributed by atoms with Gasteiger partial charge in [0.15, 0.2) is 0 Å². The van der Waals surface area contributed by atoms with Crippen molar-refractivity contribution in [2.24, 2.45) is 10.2 Å². The lowest BCUT2D eigenvalue weighted by molar-refractivity contribution is -0.385. The van der Waals surface area contributed by atoms with Crippen LogP contribution in [0.5, 0.6) is 5.75 Å². The summed E-state index contributed by atoms with van der Waals surface area (Å²) in [6, 6.07) is 15.6. The van der Waals surface area contributed by atoms with Crippen LogP contribution in [0.25, 0.3) is 0 Å². The van der Waals surface area contributed by atoms with Gasteiger partial charge in [0.2, 0.25) is 10.0 Å². The van der Waals surface area contributed by atoms with E-state index in [0.29, 0.717) is 33.3 Å². The molecule has 1 aliphatic rings. The van der Waals surface area contributed by atoms with Crippen LogP contribution in [0.1, 0.15) is 23.1 Å². The number of nitrogens with one attached hydrogen (secondary N) is 1. The molecule has 0 saturated carbocycles. The number of rotatable bonds is 8. The van der Waals surface area contributed by atoms with Crippen LogP contribution in [-0.4, -0.2) is 33.0 Å². The Morgan fingerprint density at radius 2 is 1.86 bits per heavy atom. The molecule has 0 aliphatic carbocycles. The molecule has 3 aromatic rings. The van der Waals surface area contributed by atoms with Crippen molar-refractivity contribution in [1.29, 1.82) is 0 Å². The summed E-state index contributed by atoms with van der Waals surface area (Å²) in [5.74, 6) is 0.669. The Hall–Kier alpha value is -3.05. The third-order valence-electron chi connectivity index (χ3n) is 6.05. The van der Waals surface area contributed by atoms with E-state index in [4.69, 9.17) is 27.9 Å². The van der Waals surface area contributed by atoms with E-state index in [1.165, 1.54) is 12.1 Å². The molecule has 1 heterocycles. The summed E-state index contributed by atoms with van der Waals surface area (Å²) in [6.07, 6.45) is 0.330. The van der Waals surface area contributed by atoms with E-state index in [9.17, 15) is 18.5 Å². The van der Waals surface area contributed by atoms with Gasteiger partial charge in [-0.2, -0.15) is 10.2 Å². The highest BCUT2D eigenvalue weighted by Gasteiger charge is 2.43. The number of nitrogens with zero attached hydrogens (tertiary/aromatic N) is 3. The number of hydrogen-bond donors (Lipinski definition) is 1. The van der Waals surface area contributed by atoms with Gasteiger partial charge < -0.3 is 4.74 Å². The van der Waals surface area contributed by atoms with Crippen molar-refractivity contribution in [3.05, 3.63) is 97.5 Å². The molecular weight excluding hydrogens is 527 g/mol. The molecule has 4 rings (SSSR count). The lowest BCUT2D eigenvalue weighted by Crippen LogP contribution is -2.34. The molecular formula is C24H22Cl2N4O5S. The minimum atomic E-state index is -4.04. The second kappa shape index (κ2) is 10.1. The van der Waals surface area contributed by atoms with Crippen molar-refractivity contribution in [2.45, 2.75) is 29.8 Å². The number of methoxy groups -OCH3 is 1. The van der Waals surface area contributed by atoms with Gasteiger partial charge in [-0.05, 0) is 42.3 Å². The van der Waals surface area contributed by atoms with Crippen LogP contribution in [0, 0.1) is 17.0 Å². The summed E-state index contributed by atoms with van der Waals surface area (Å²) in [7, 11) is -2.47. The molecule has 2 unspecified atom stereocenters. The Morgan fingerprint density at radius 1 is 1.14 bits per heavy atom. The van der Waals surface area contributed by atoms with Crippen molar-refractivity contribution in [3.8, 4) is 5.75 Å². The number of sulfonamides is 1. The first kappa shape index (κ1) is 26.0. The molecule has 2 atom stereocenters. The Balaban J connectivity index is 1.62. The topological polar surface area (TPSA) is 123 Å². The van der Waals surface area contributed by atoms with E-state index in [1.54, 1.807) is 44.4 Å². The van der Waals surface area contributed by atoms with Gasteiger partial charge in [-0.1, -0.05) is 47.5 Å². The highest BCUT2D eigenvalue weighted by atomic mass is 35.5. The van der Waals surface area contributed by atoms with Gasteiger partial charge in [0.1, 0.15) is 11.3 Å². The molecule has 1 aliphatic heterocycles. The first-order valence-electron chi connectivity index (χ1n) is 10.8. The van der Waals surface area contributed by atoms with Crippen molar-refractivity contribution in [3.63, 3.8) is 0 Å². The molecule has 0 amide bonds. The summed E-state index contributed by atoms with van der Waals surface area (Å²) >= 11 is 12.7. The smallest absolute Gasteiger partial charge is 0.270 e. The summed E-state index contributed by atoms with van der Waals surface area (Å²) in [5, 5.41) is 21.0. The van der Waals surface area contributed by atoms with Crippen LogP contribution < -0.4 is 9.46 Å². The fourth-order valence-corrected chi connectivity index (χ4v) is 6.08. The summed E-state index contributed by atoms with van der Waals surface area (Å²) in [5.41, 5.74) is 0.600. The maximum atomic E-state index is 13.0. The normalized spacial score (nSPS) is 19.4. The lowest BCUT2D eigenvalue weighted by Gasteiger charge is -2.28. The highest BCUT2D eigenvalue weighted by molar-refractivity contribution is 7.89. The Labute approximate surface area is 218 Å². The molecule has 0 radical (unpaired) electrons. The number of aryl methyl sites for hydroxylation is 1. The van der Waals surface area contributed by atoms with Gasteiger partial charge in [0.25, 0.3) is 5.69 Å². The van der Waals surface area contributed by atoms with E-state index in [0.717, 1.165) is 11.6 Å². The Morgan fingerprint density at radius 3 is 2.50 bits per heavy atom. The average Bonchev–Trinajstić information content (AvgIpc) is 3.28. The number of non-ortho nitro benzene ring substituents is 1. The van der Waals surface area contributed by atoms with Crippen molar-refractivity contribution in [2.75, 3.05) is 13.7 Å². The van der Waals surface area contributed by atoms with E-state index < -0.39 is 26.5 Å². The number of azo groups is 1. The maximum Gasteiger partial charge on any atom is 0.270 e. The molecule has 188 valence electrons. The Bertz CT molecular complexity index is 1450. The molecule has 9 nitrogen and oxygen atoms in total. The number of halogens is 2. The number of hydrogen-bond acceptors (Lipinski definition) is 7. The molecule has 0 saturated heterocycles. The predicted molar refractivity (Wildman–Crippen MR) is 137 cm³/mol. The van der Waals surface area contributed by atoms with Crippen LogP contribution in [0.4, 0.5) is 5.69 Å². The first-order valence-corrected chi connectivity index (χ1v) is 13.1. The van der Waals surface area contributed by atoms with Crippen LogP contribution in [0.2, 0.25) is 10.0 Å². The van der Waals surface area contributed by atoms with Crippen molar-refractivity contribution >= 4 is 38.9 Å². The lowest BCUT2D eigenvalue weighted by atomic mass is 9.79. The van der Waals surface area contributed by atoms with Gasteiger partial charge in [-0.15, -0.1) is 0 Å². The number of ether oxygens (including phenoxy) is 1. The molecule has 1 N–H and O–H groups in total. The van der Waals surface area contributed by atoms with E-state index >= 15 is 0 Å². The average molecular weight is 549 g/mol. The standard InChI is InChI=1S/C24H22Cl2N4O5S/c1-15-3-7-19(30(31)32)12-23(15)36(33,34)27-14-18-13-24(29-28-18,16-4-8-20(35-2)9-5-16)21-10-6-17(25)11-22(21)26/h3-12,18,27H,13-14H2,1-2H3. The van der Waals surface area contributed by atoms with Gasteiger partial charge >= 0.3 is 0 Å². The first-order chi connectivity index (χ1) is 17.1. The molecule has 0 fully saturated rings. The SMILES string of the molecule is COc1ccc(C2(c3ccc(Cl)cc3Cl)CC(CNS(=O)(=O)c3cc([N+](=O)[O-])ccc3C)N=N2)cc1. The zero-order valence-corrected chi connectivity index (χ0v) is 21.6. The Kier molecular flexibility index (Phi) is 7.33. The maximum absolute atomic E-state index is 13.0. The molecule has 0 spiro atoms. The fourth-order valence-electron chi connectivity index (χ4n) is 4.18. The highest BCUT2D eigenvalue weighted by Crippen LogP contribution is 2.46. The molecule has 12 heteroatoms. The van der Waals surface area contributed by atoms with Gasteiger partial charge in [0.05, 0.1) is 23.0 Å². The van der Waals surface area contributed by atoms with Crippen molar-refractivity contribution < 1.29 is 18.1 Å². The fraction of sp³-hybridized carbons (Fsp3) is 0.250. The second-order valence-electron chi connectivity index (χ2n) is 8.35. The zero-order chi connectivity index (χ0) is 26.1. The van der Waals surface area contributed by atoms with Gasteiger partial charge in [0, 0.05) is 40.7 Å². The quantitative estimate of drug-likeness (QED) is 0.287. The third kappa shape index (κ3) is 5.08. The van der Waals surface area contributed by atoms with Crippen LogP contribution in [-0.2, 0) is 15.6 Å². The molecule has 36 heavy (non-hydrogen) atoms. The van der Waals surface area contributed by atoms with Crippen LogP contribution in [0.3, 0.4) is 0 Å².